The zero-order chi connectivity index (χ0) is 32.7. The average molecular weight is 633 g/mol. The lowest BCUT2D eigenvalue weighted by Gasteiger charge is -2.28. The summed E-state index contributed by atoms with van der Waals surface area (Å²) in [6.45, 7) is 5.68. The number of para-hydroxylation sites is 2. The Bertz CT molecular complexity index is 2090. The molecule has 238 valence electrons. The summed E-state index contributed by atoms with van der Waals surface area (Å²) < 4.78 is 14.8. The second-order valence-electron chi connectivity index (χ2n) is 11.4. The Balaban J connectivity index is 1.38. The lowest BCUT2D eigenvalue weighted by molar-refractivity contribution is -0.384. The van der Waals surface area contributed by atoms with Crippen LogP contribution in [0, 0.1) is 24.0 Å². The lowest BCUT2D eigenvalue weighted by Crippen LogP contribution is -2.36. The van der Waals surface area contributed by atoms with E-state index in [-0.39, 0.29) is 16.8 Å². The molecule has 4 heterocycles. The van der Waals surface area contributed by atoms with Crippen molar-refractivity contribution in [3.8, 4) is 22.7 Å². The molecule has 3 aromatic carbocycles. The third-order valence-corrected chi connectivity index (χ3v) is 8.56. The van der Waals surface area contributed by atoms with Gasteiger partial charge in [0.15, 0.2) is 0 Å². The van der Waals surface area contributed by atoms with Crippen molar-refractivity contribution in [3.05, 3.63) is 150 Å². The number of morpholine rings is 1. The molecule has 0 aliphatic carbocycles. The van der Waals surface area contributed by atoms with Crippen molar-refractivity contribution >= 4 is 11.4 Å². The normalized spacial score (nSPS) is 13.4. The topological polar surface area (TPSA) is 144 Å². The van der Waals surface area contributed by atoms with Crippen LogP contribution in [0.4, 0.5) is 11.4 Å². The van der Waals surface area contributed by atoms with Gasteiger partial charge in [0.05, 0.1) is 46.6 Å². The Kier molecular flexibility index (Phi) is 7.70. The van der Waals surface area contributed by atoms with Crippen molar-refractivity contribution < 1.29 is 14.1 Å². The summed E-state index contributed by atoms with van der Waals surface area (Å²) in [6, 6.07) is 26.8. The number of ether oxygens (including phenoxy) is 1. The van der Waals surface area contributed by atoms with Gasteiger partial charge in [-0.25, -0.2) is 9.36 Å². The van der Waals surface area contributed by atoms with Gasteiger partial charge in [-0.15, -0.1) is 0 Å². The molecule has 1 aliphatic heterocycles. The molecule has 2 N–H and O–H groups in total. The van der Waals surface area contributed by atoms with Gasteiger partial charge in [0.2, 0.25) is 0 Å². The first-order valence-corrected chi connectivity index (χ1v) is 15.3. The maximum absolute atomic E-state index is 14.1. The number of hydrogen-bond acceptors (Lipinski definition) is 7. The number of H-pyrrole nitrogens is 2. The van der Waals surface area contributed by atoms with E-state index in [0.29, 0.717) is 83.0 Å². The Labute approximate surface area is 268 Å². The summed E-state index contributed by atoms with van der Waals surface area (Å²) in [7, 11) is 0. The number of nitro benzene ring substituents is 1. The molecule has 0 spiro atoms. The van der Waals surface area contributed by atoms with E-state index in [1.54, 1.807) is 38.1 Å². The van der Waals surface area contributed by atoms with Gasteiger partial charge in [-0.05, 0) is 62.4 Å². The fraction of sp³-hybridized carbons (Fsp3) is 0.200. The number of aromatic amines is 2. The molecular formula is C35H32N6O6. The van der Waals surface area contributed by atoms with Gasteiger partial charge in [0.25, 0.3) is 16.8 Å². The highest BCUT2D eigenvalue weighted by Gasteiger charge is 2.33. The summed E-state index contributed by atoms with van der Waals surface area (Å²) in [6.07, 6.45) is 0. The fourth-order valence-corrected chi connectivity index (χ4v) is 6.30. The SMILES string of the molecule is Cc1[nH]n(-c2ccccc2)c(=O)c1C(c1ccc(-c2ccc(N3CCOCC3)c([N+](=O)[O-])c2)o1)c1c(C)[nH]n(-c2ccccc2)c1=O. The summed E-state index contributed by atoms with van der Waals surface area (Å²) in [5.41, 5.74) is 3.44. The van der Waals surface area contributed by atoms with E-state index in [2.05, 4.69) is 10.2 Å². The zero-order valence-corrected chi connectivity index (χ0v) is 25.8. The van der Waals surface area contributed by atoms with Crippen LogP contribution in [0.15, 0.2) is 105 Å². The van der Waals surface area contributed by atoms with E-state index in [0.717, 1.165) is 0 Å². The molecule has 12 nitrogen and oxygen atoms in total. The first-order valence-electron chi connectivity index (χ1n) is 15.3. The number of nitrogens with zero attached hydrogens (tertiary/aromatic N) is 4. The Morgan fingerprint density at radius 3 is 1.85 bits per heavy atom. The third-order valence-electron chi connectivity index (χ3n) is 8.56. The van der Waals surface area contributed by atoms with Crippen molar-refractivity contribution in [2.45, 2.75) is 19.8 Å². The number of benzene rings is 3. The molecule has 3 aromatic heterocycles. The molecule has 1 saturated heterocycles. The minimum Gasteiger partial charge on any atom is -0.460 e. The van der Waals surface area contributed by atoms with Gasteiger partial charge >= 0.3 is 0 Å². The van der Waals surface area contributed by atoms with E-state index in [4.69, 9.17) is 9.15 Å². The van der Waals surface area contributed by atoms with Gasteiger partial charge in [0.1, 0.15) is 17.2 Å². The van der Waals surface area contributed by atoms with E-state index < -0.39 is 10.8 Å². The highest BCUT2D eigenvalue weighted by atomic mass is 16.6. The molecule has 0 amide bonds. The van der Waals surface area contributed by atoms with Gasteiger partial charge < -0.3 is 14.1 Å². The minimum atomic E-state index is -0.895. The number of nitro groups is 1. The number of hydrogen-bond donors (Lipinski definition) is 2. The van der Waals surface area contributed by atoms with E-state index in [9.17, 15) is 19.7 Å². The zero-order valence-electron chi connectivity index (χ0n) is 25.8. The lowest BCUT2D eigenvalue weighted by atomic mass is 9.89. The molecule has 7 rings (SSSR count). The maximum atomic E-state index is 14.1. The number of anilines is 1. The van der Waals surface area contributed by atoms with Gasteiger partial charge in [-0.1, -0.05) is 36.4 Å². The highest BCUT2D eigenvalue weighted by molar-refractivity contribution is 5.72. The standard InChI is InChI=1S/C35H32N6O6/c1-22-31(34(42)39(36-22)25-9-5-3-6-10-25)33(32-23(2)37-40(35(32)43)26-11-7-4-8-12-26)30-16-15-29(47-30)24-13-14-27(28(21-24)41(44)45)38-17-19-46-20-18-38/h3-16,21,33,36-37H,17-20H2,1-2H3. The van der Waals surface area contributed by atoms with Crippen molar-refractivity contribution in [1.29, 1.82) is 0 Å². The average Bonchev–Trinajstić information content (AvgIpc) is 3.79. The first-order chi connectivity index (χ1) is 22.8. The van der Waals surface area contributed by atoms with E-state index in [1.165, 1.54) is 15.4 Å². The van der Waals surface area contributed by atoms with Crippen LogP contribution in [-0.4, -0.2) is 50.8 Å². The molecule has 1 fully saturated rings. The fourth-order valence-electron chi connectivity index (χ4n) is 6.30. The van der Waals surface area contributed by atoms with Gasteiger partial charge in [-0.2, -0.15) is 0 Å². The minimum absolute atomic E-state index is 0.0432. The second kappa shape index (κ2) is 12.1. The van der Waals surface area contributed by atoms with Crippen LogP contribution in [0.5, 0.6) is 0 Å². The van der Waals surface area contributed by atoms with Crippen LogP contribution in [0.25, 0.3) is 22.7 Å². The number of aromatic nitrogens is 4. The van der Waals surface area contributed by atoms with Crippen LogP contribution in [-0.2, 0) is 4.74 Å². The Morgan fingerprint density at radius 2 is 1.32 bits per heavy atom. The molecule has 0 atom stereocenters. The number of furan rings is 1. The predicted molar refractivity (Wildman–Crippen MR) is 177 cm³/mol. The summed E-state index contributed by atoms with van der Waals surface area (Å²) >= 11 is 0. The number of rotatable bonds is 8. The van der Waals surface area contributed by atoms with Crippen LogP contribution in [0.3, 0.4) is 0 Å². The van der Waals surface area contributed by atoms with Crippen molar-refractivity contribution in [2.75, 3.05) is 31.2 Å². The van der Waals surface area contributed by atoms with Gasteiger partial charge in [-0.3, -0.25) is 29.9 Å². The van der Waals surface area contributed by atoms with Crippen LogP contribution >= 0.6 is 0 Å². The molecule has 6 aromatic rings. The largest absolute Gasteiger partial charge is 0.460 e. The molecule has 12 heteroatoms. The smallest absolute Gasteiger partial charge is 0.293 e. The van der Waals surface area contributed by atoms with Crippen LogP contribution in [0.2, 0.25) is 0 Å². The third kappa shape index (κ3) is 5.38. The van der Waals surface area contributed by atoms with Crippen LogP contribution in [0.1, 0.15) is 34.2 Å². The van der Waals surface area contributed by atoms with E-state index in [1.807, 2.05) is 65.6 Å². The number of aryl methyl sites for hydroxylation is 2. The second-order valence-corrected chi connectivity index (χ2v) is 11.4. The van der Waals surface area contributed by atoms with Gasteiger partial charge in [0, 0.05) is 36.1 Å². The quantitative estimate of drug-likeness (QED) is 0.168. The Hall–Kier alpha value is -5.88. The van der Waals surface area contributed by atoms with Crippen LogP contribution < -0.4 is 16.0 Å². The molecule has 1 aliphatic rings. The maximum Gasteiger partial charge on any atom is 0.293 e. The monoisotopic (exact) mass is 632 g/mol. The molecule has 0 unspecified atom stereocenters. The summed E-state index contributed by atoms with van der Waals surface area (Å²) in [5, 5.41) is 18.5. The van der Waals surface area contributed by atoms with Crippen molar-refractivity contribution in [2.24, 2.45) is 0 Å². The van der Waals surface area contributed by atoms with E-state index >= 15 is 0 Å². The Morgan fingerprint density at radius 1 is 0.766 bits per heavy atom. The summed E-state index contributed by atoms with van der Waals surface area (Å²) in [4.78, 5) is 42.0. The highest BCUT2D eigenvalue weighted by Crippen LogP contribution is 2.38. The number of nitrogens with one attached hydrogen (secondary N) is 2. The molecule has 0 saturated carbocycles. The van der Waals surface area contributed by atoms with Crippen molar-refractivity contribution in [1.82, 2.24) is 19.6 Å². The molecule has 0 radical (unpaired) electrons. The first kappa shape index (κ1) is 29.8. The molecule has 47 heavy (non-hydrogen) atoms. The van der Waals surface area contributed by atoms with Crippen molar-refractivity contribution in [3.63, 3.8) is 0 Å². The molecular weight excluding hydrogens is 600 g/mol. The molecule has 0 bridgehead atoms. The predicted octanol–water partition coefficient (Wildman–Crippen LogP) is 5.45. The summed E-state index contributed by atoms with van der Waals surface area (Å²) in [5.74, 6) is -0.178.